The molecule has 0 spiro atoms. The third-order valence-electron chi connectivity index (χ3n) is 3.50. The zero-order valence-electron chi connectivity index (χ0n) is 13.7. The largest absolute Gasteiger partial charge is 0.492 e. The van der Waals surface area contributed by atoms with E-state index >= 15 is 0 Å². The van der Waals surface area contributed by atoms with Gasteiger partial charge in [-0.1, -0.05) is 18.2 Å². The molecule has 1 aromatic heterocycles. The lowest BCUT2D eigenvalue weighted by molar-refractivity contribution is -0.130. The van der Waals surface area contributed by atoms with Crippen LogP contribution in [0.25, 0.3) is 0 Å². The molecule has 0 aliphatic heterocycles. The summed E-state index contributed by atoms with van der Waals surface area (Å²) < 4.78 is 5.58. The third kappa shape index (κ3) is 6.04. The van der Waals surface area contributed by atoms with Crippen molar-refractivity contribution in [1.29, 1.82) is 0 Å². The molecule has 1 N–H and O–H groups in total. The summed E-state index contributed by atoms with van der Waals surface area (Å²) in [5.74, 6) is 0.763. The molecule has 0 fully saturated rings. The second kappa shape index (κ2) is 9.72. The van der Waals surface area contributed by atoms with Crippen molar-refractivity contribution in [2.75, 3.05) is 26.7 Å². The smallest absolute Gasteiger partial charge is 0.252 e. The average Bonchev–Trinajstić information content (AvgIpc) is 3.14. The predicted molar refractivity (Wildman–Crippen MR) is 95.5 cm³/mol. The summed E-state index contributed by atoms with van der Waals surface area (Å²) in [5, 5.41) is 6.49. The van der Waals surface area contributed by atoms with Crippen molar-refractivity contribution in [1.82, 2.24) is 10.2 Å². The van der Waals surface area contributed by atoms with Crippen molar-refractivity contribution in [2.24, 2.45) is 0 Å². The first-order valence-electron chi connectivity index (χ1n) is 7.89. The van der Waals surface area contributed by atoms with Gasteiger partial charge in [-0.2, -0.15) is 11.3 Å². The lowest BCUT2D eigenvalue weighted by Gasteiger charge is -2.17. The SMILES string of the molecule is CN(CCOc1ccccc1)C(=O)CCCNC(=O)c1ccsc1. The molecule has 6 heteroatoms. The van der Waals surface area contributed by atoms with Crippen LogP contribution < -0.4 is 10.1 Å². The van der Waals surface area contributed by atoms with Gasteiger partial charge in [0, 0.05) is 31.0 Å². The highest BCUT2D eigenvalue weighted by Gasteiger charge is 2.09. The van der Waals surface area contributed by atoms with Gasteiger partial charge in [0.1, 0.15) is 12.4 Å². The van der Waals surface area contributed by atoms with Crippen LogP contribution >= 0.6 is 11.3 Å². The minimum atomic E-state index is -0.0895. The molecular weight excluding hydrogens is 324 g/mol. The molecule has 0 atom stereocenters. The number of nitrogens with one attached hydrogen (secondary N) is 1. The van der Waals surface area contributed by atoms with Gasteiger partial charge in [-0.3, -0.25) is 9.59 Å². The number of para-hydroxylation sites is 1. The number of benzene rings is 1. The van der Waals surface area contributed by atoms with E-state index in [0.29, 0.717) is 38.1 Å². The van der Waals surface area contributed by atoms with E-state index in [2.05, 4.69) is 5.32 Å². The summed E-state index contributed by atoms with van der Waals surface area (Å²) in [5.41, 5.74) is 0.668. The predicted octanol–water partition coefficient (Wildman–Crippen LogP) is 2.80. The molecule has 2 aromatic rings. The molecule has 0 bridgehead atoms. The Bertz CT molecular complexity index is 629. The van der Waals surface area contributed by atoms with Gasteiger partial charge in [0.25, 0.3) is 5.91 Å². The van der Waals surface area contributed by atoms with Crippen LogP contribution in [0.4, 0.5) is 0 Å². The van der Waals surface area contributed by atoms with Gasteiger partial charge in [0.15, 0.2) is 0 Å². The van der Waals surface area contributed by atoms with E-state index in [9.17, 15) is 9.59 Å². The zero-order chi connectivity index (χ0) is 17.2. The van der Waals surface area contributed by atoms with Gasteiger partial charge < -0.3 is 15.0 Å². The Kier molecular flexibility index (Phi) is 7.29. The van der Waals surface area contributed by atoms with Crippen LogP contribution in [0.15, 0.2) is 47.2 Å². The van der Waals surface area contributed by atoms with E-state index in [0.717, 1.165) is 5.75 Å². The minimum absolute atomic E-state index is 0.0523. The fourth-order valence-electron chi connectivity index (χ4n) is 2.07. The van der Waals surface area contributed by atoms with E-state index in [-0.39, 0.29) is 11.8 Å². The highest BCUT2D eigenvalue weighted by atomic mass is 32.1. The maximum Gasteiger partial charge on any atom is 0.252 e. The van der Waals surface area contributed by atoms with Crippen molar-refractivity contribution >= 4 is 23.2 Å². The maximum atomic E-state index is 12.0. The summed E-state index contributed by atoms with van der Waals surface area (Å²) in [6.45, 7) is 1.49. The molecule has 5 nitrogen and oxygen atoms in total. The van der Waals surface area contributed by atoms with Crippen LogP contribution in [0.5, 0.6) is 5.75 Å². The number of rotatable bonds is 9. The number of carbonyl (C=O) groups is 2. The summed E-state index contributed by atoms with van der Waals surface area (Å²) in [4.78, 5) is 25.4. The number of carbonyl (C=O) groups excluding carboxylic acids is 2. The molecule has 2 amide bonds. The number of thiophene rings is 1. The molecule has 24 heavy (non-hydrogen) atoms. The monoisotopic (exact) mass is 346 g/mol. The number of hydrogen-bond donors (Lipinski definition) is 1. The van der Waals surface area contributed by atoms with Gasteiger partial charge in [0.2, 0.25) is 5.91 Å². The van der Waals surface area contributed by atoms with Crippen LogP contribution in [0.3, 0.4) is 0 Å². The van der Waals surface area contributed by atoms with Crippen LogP contribution in [0.1, 0.15) is 23.2 Å². The Balaban J connectivity index is 1.57. The number of likely N-dealkylation sites (N-methyl/N-ethyl adjacent to an activating group) is 1. The van der Waals surface area contributed by atoms with Gasteiger partial charge in [-0.05, 0) is 30.0 Å². The quantitative estimate of drug-likeness (QED) is 0.710. The minimum Gasteiger partial charge on any atom is -0.492 e. The van der Waals surface area contributed by atoms with Crippen molar-refractivity contribution < 1.29 is 14.3 Å². The first-order chi connectivity index (χ1) is 11.7. The standard InChI is InChI=1S/C18H22N2O3S/c1-20(11-12-23-16-6-3-2-4-7-16)17(21)8-5-10-19-18(22)15-9-13-24-14-15/h2-4,6-7,9,13-14H,5,8,10-12H2,1H3,(H,19,22). The Labute approximate surface area is 146 Å². The summed E-state index contributed by atoms with van der Waals surface area (Å²) in [6, 6.07) is 11.3. The summed E-state index contributed by atoms with van der Waals surface area (Å²) >= 11 is 1.49. The Morgan fingerprint density at radius 2 is 2.00 bits per heavy atom. The summed E-state index contributed by atoms with van der Waals surface area (Å²) in [6.07, 6.45) is 1.03. The van der Waals surface area contributed by atoms with Crippen molar-refractivity contribution in [3.63, 3.8) is 0 Å². The molecule has 0 aliphatic rings. The molecule has 0 unspecified atom stereocenters. The van der Waals surface area contributed by atoms with E-state index < -0.39 is 0 Å². The molecule has 1 aromatic carbocycles. The molecule has 2 rings (SSSR count). The maximum absolute atomic E-state index is 12.0. The van der Waals surface area contributed by atoms with Crippen LogP contribution in [-0.4, -0.2) is 43.5 Å². The summed E-state index contributed by atoms with van der Waals surface area (Å²) in [7, 11) is 1.76. The van der Waals surface area contributed by atoms with Crippen LogP contribution in [0.2, 0.25) is 0 Å². The average molecular weight is 346 g/mol. The first-order valence-corrected chi connectivity index (χ1v) is 8.83. The Morgan fingerprint density at radius 1 is 1.21 bits per heavy atom. The van der Waals surface area contributed by atoms with Crippen LogP contribution in [-0.2, 0) is 4.79 Å². The fraction of sp³-hybridized carbons (Fsp3) is 0.333. The number of ether oxygens (including phenoxy) is 1. The Morgan fingerprint density at radius 3 is 2.71 bits per heavy atom. The van der Waals surface area contributed by atoms with E-state index in [4.69, 9.17) is 4.74 Å². The van der Waals surface area contributed by atoms with Crippen molar-refractivity contribution in [2.45, 2.75) is 12.8 Å². The van der Waals surface area contributed by atoms with E-state index in [1.807, 2.05) is 35.7 Å². The Hall–Kier alpha value is -2.34. The molecule has 0 radical (unpaired) electrons. The number of nitrogens with zero attached hydrogens (tertiary/aromatic N) is 1. The topological polar surface area (TPSA) is 58.6 Å². The lowest BCUT2D eigenvalue weighted by atomic mass is 10.2. The highest BCUT2D eigenvalue weighted by Crippen LogP contribution is 2.08. The number of hydrogen-bond acceptors (Lipinski definition) is 4. The molecule has 0 aliphatic carbocycles. The normalized spacial score (nSPS) is 10.2. The van der Waals surface area contributed by atoms with E-state index in [1.165, 1.54) is 11.3 Å². The van der Waals surface area contributed by atoms with Crippen molar-refractivity contribution in [3.8, 4) is 5.75 Å². The molecule has 0 saturated carbocycles. The van der Waals surface area contributed by atoms with Gasteiger partial charge in [-0.15, -0.1) is 0 Å². The van der Waals surface area contributed by atoms with Gasteiger partial charge in [-0.25, -0.2) is 0 Å². The fourth-order valence-corrected chi connectivity index (χ4v) is 2.71. The van der Waals surface area contributed by atoms with Gasteiger partial charge in [0.05, 0.1) is 6.54 Å². The second-order valence-corrected chi connectivity index (χ2v) is 6.13. The van der Waals surface area contributed by atoms with Crippen molar-refractivity contribution in [3.05, 3.63) is 52.7 Å². The highest BCUT2D eigenvalue weighted by molar-refractivity contribution is 7.08. The lowest BCUT2D eigenvalue weighted by Crippen LogP contribution is -2.31. The third-order valence-corrected chi connectivity index (χ3v) is 4.18. The molecular formula is C18H22N2O3S. The van der Waals surface area contributed by atoms with Crippen LogP contribution in [0, 0.1) is 0 Å². The molecule has 0 saturated heterocycles. The zero-order valence-corrected chi connectivity index (χ0v) is 14.6. The second-order valence-electron chi connectivity index (χ2n) is 5.35. The molecule has 1 heterocycles. The number of amides is 2. The first kappa shape index (κ1) is 18.0. The molecule has 128 valence electrons. The van der Waals surface area contributed by atoms with Gasteiger partial charge >= 0.3 is 0 Å². The van der Waals surface area contributed by atoms with E-state index in [1.54, 1.807) is 23.4 Å².